The third kappa shape index (κ3) is 4.37. The van der Waals surface area contributed by atoms with Gasteiger partial charge < -0.3 is 25.4 Å². The molecule has 0 aromatic heterocycles. The van der Waals surface area contributed by atoms with E-state index in [0.717, 1.165) is 42.7 Å². The highest BCUT2D eigenvalue weighted by molar-refractivity contribution is 5.76. The molecule has 1 heterocycles. The molecule has 3 aliphatic rings. The first-order valence-corrected chi connectivity index (χ1v) is 10.8. The van der Waals surface area contributed by atoms with E-state index >= 15 is 0 Å². The zero-order valence-corrected chi connectivity index (χ0v) is 16.9. The number of fused-ring (bicyclic) bond motifs is 1. The summed E-state index contributed by atoms with van der Waals surface area (Å²) in [6.45, 7) is 5.11. The summed E-state index contributed by atoms with van der Waals surface area (Å²) in [5.74, 6) is 2.69. The Morgan fingerprint density at radius 2 is 2.04 bits per heavy atom. The van der Waals surface area contributed by atoms with Crippen molar-refractivity contribution in [1.82, 2.24) is 10.6 Å². The average Bonchev–Trinajstić information content (AvgIpc) is 3.14. The van der Waals surface area contributed by atoms with Crippen molar-refractivity contribution in [3.63, 3.8) is 0 Å². The molecule has 0 unspecified atom stereocenters. The van der Waals surface area contributed by atoms with Crippen molar-refractivity contribution >= 4 is 11.6 Å². The molecule has 2 fully saturated rings. The van der Waals surface area contributed by atoms with E-state index in [1.165, 1.54) is 38.5 Å². The van der Waals surface area contributed by atoms with Gasteiger partial charge in [0.1, 0.15) is 0 Å². The van der Waals surface area contributed by atoms with Gasteiger partial charge in [-0.15, -0.1) is 0 Å². The van der Waals surface area contributed by atoms with Gasteiger partial charge in [-0.3, -0.25) is 4.79 Å². The molecule has 28 heavy (non-hydrogen) atoms. The van der Waals surface area contributed by atoms with Crippen LogP contribution in [0.15, 0.2) is 18.2 Å². The summed E-state index contributed by atoms with van der Waals surface area (Å²) in [6, 6.07) is 6.40. The van der Waals surface area contributed by atoms with E-state index in [4.69, 9.17) is 9.47 Å². The van der Waals surface area contributed by atoms with Crippen molar-refractivity contribution in [2.24, 2.45) is 11.3 Å². The molecule has 1 aliphatic heterocycles. The lowest BCUT2D eigenvalue weighted by Gasteiger charge is -2.29. The van der Waals surface area contributed by atoms with E-state index in [1.807, 2.05) is 25.1 Å². The van der Waals surface area contributed by atoms with Crippen molar-refractivity contribution in [3.05, 3.63) is 18.2 Å². The van der Waals surface area contributed by atoms with Gasteiger partial charge in [-0.05, 0) is 68.5 Å². The molecule has 2 saturated carbocycles. The number of carbonyl (C=O) groups is 1. The summed E-state index contributed by atoms with van der Waals surface area (Å²) in [5, 5.41) is 10.2. The number of para-hydroxylation sites is 1. The second kappa shape index (κ2) is 8.60. The van der Waals surface area contributed by atoms with Crippen molar-refractivity contribution in [3.8, 4) is 11.5 Å². The Kier molecular flexibility index (Phi) is 5.95. The SMILES string of the molecule is CCC(=O)N[C@H]1CC12CCC(CCNCCNc1cccc3c1OCO3)CC2. The van der Waals surface area contributed by atoms with Gasteiger partial charge in [0.15, 0.2) is 11.5 Å². The summed E-state index contributed by atoms with van der Waals surface area (Å²) in [7, 11) is 0. The second-order valence-electron chi connectivity index (χ2n) is 8.49. The minimum absolute atomic E-state index is 0.210. The number of anilines is 1. The number of nitrogens with one attached hydrogen (secondary N) is 3. The maximum atomic E-state index is 11.6. The minimum Gasteiger partial charge on any atom is -0.454 e. The number of rotatable bonds is 9. The van der Waals surface area contributed by atoms with Gasteiger partial charge in [-0.2, -0.15) is 0 Å². The van der Waals surface area contributed by atoms with Gasteiger partial charge in [0, 0.05) is 25.6 Å². The van der Waals surface area contributed by atoms with Crippen LogP contribution in [0, 0.1) is 11.3 Å². The van der Waals surface area contributed by atoms with Crippen LogP contribution in [0.4, 0.5) is 5.69 Å². The van der Waals surface area contributed by atoms with Crippen LogP contribution in [0.1, 0.15) is 51.9 Å². The molecule has 0 radical (unpaired) electrons. The number of benzene rings is 1. The van der Waals surface area contributed by atoms with E-state index in [2.05, 4.69) is 16.0 Å². The zero-order valence-electron chi connectivity index (χ0n) is 16.9. The summed E-state index contributed by atoms with van der Waals surface area (Å²) in [4.78, 5) is 11.6. The highest BCUT2D eigenvalue weighted by Gasteiger charge is 2.55. The highest BCUT2D eigenvalue weighted by Crippen LogP contribution is 2.57. The first kappa shape index (κ1) is 19.4. The number of hydrogen-bond acceptors (Lipinski definition) is 5. The van der Waals surface area contributed by atoms with Gasteiger partial charge in [-0.25, -0.2) is 0 Å². The van der Waals surface area contributed by atoms with E-state index in [1.54, 1.807) is 0 Å². The maximum absolute atomic E-state index is 11.6. The average molecular weight is 388 g/mol. The quantitative estimate of drug-likeness (QED) is 0.567. The summed E-state index contributed by atoms with van der Waals surface area (Å²) in [6.07, 6.45) is 8.25. The van der Waals surface area contributed by atoms with Crippen molar-refractivity contribution < 1.29 is 14.3 Å². The Hall–Kier alpha value is -1.95. The van der Waals surface area contributed by atoms with Gasteiger partial charge >= 0.3 is 0 Å². The lowest BCUT2D eigenvalue weighted by Crippen LogP contribution is -2.31. The predicted molar refractivity (Wildman–Crippen MR) is 110 cm³/mol. The number of ether oxygens (including phenoxy) is 2. The Bertz CT molecular complexity index is 686. The van der Waals surface area contributed by atoms with E-state index in [0.29, 0.717) is 24.7 Å². The van der Waals surface area contributed by atoms with Gasteiger partial charge in [0.2, 0.25) is 12.7 Å². The van der Waals surface area contributed by atoms with Gasteiger partial charge in [0.25, 0.3) is 0 Å². The summed E-state index contributed by atoms with van der Waals surface area (Å²) in [5.41, 5.74) is 1.45. The Morgan fingerprint density at radius 1 is 1.18 bits per heavy atom. The Balaban J connectivity index is 1.07. The molecule has 6 nitrogen and oxygen atoms in total. The smallest absolute Gasteiger partial charge is 0.231 e. The molecule has 0 saturated heterocycles. The first-order valence-electron chi connectivity index (χ1n) is 10.8. The van der Waals surface area contributed by atoms with E-state index < -0.39 is 0 Å². The predicted octanol–water partition coefficient (Wildman–Crippen LogP) is 3.28. The van der Waals surface area contributed by atoms with Crippen molar-refractivity contribution in [2.75, 3.05) is 31.7 Å². The lowest BCUT2D eigenvalue weighted by atomic mass is 9.78. The third-order valence-electron chi connectivity index (χ3n) is 6.69. The first-order chi connectivity index (χ1) is 13.7. The standard InChI is InChI=1S/C22H33N3O3/c1-2-20(26)25-19-14-22(19)9-6-16(7-10-22)8-11-23-12-13-24-17-4-3-5-18-21(17)28-15-27-18/h3-5,16,19,23-24H,2,6-15H2,1H3,(H,25,26)/t16?,19-,22?/m0/s1. The molecule has 154 valence electrons. The molecule has 2 aliphatic carbocycles. The molecule has 1 aromatic carbocycles. The number of carbonyl (C=O) groups excluding carboxylic acids is 1. The fourth-order valence-electron chi connectivity index (χ4n) is 4.73. The Labute approximate surface area is 167 Å². The van der Waals surface area contributed by atoms with Crippen LogP contribution >= 0.6 is 0 Å². The largest absolute Gasteiger partial charge is 0.454 e. The molecule has 1 spiro atoms. The van der Waals surface area contributed by atoms with Crippen LogP contribution in [-0.4, -0.2) is 38.4 Å². The van der Waals surface area contributed by atoms with Crippen molar-refractivity contribution in [1.29, 1.82) is 0 Å². The molecular weight excluding hydrogens is 354 g/mol. The molecule has 3 N–H and O–H groups in total. The van der Waals surface area contributed by atoms with E-state index in [-0.39, 0.29) is 5.91 Å². The number of amides is 1. The van der Waals surface area contributed by atoms with E-state index in [9.17, 15) is 4.79 Å². The third-order valence-corrected chi connectivity index (χ3v) is 6.69. The van der Waals surface area contributed by atoms with Crippen LogP contribution in [0.2, 0.25) is 0 Å². The molecular formula is C22H33N3O3. The van der Waals surface area contributed by atoms with Gasteiger partial charge in [0.05, 0.1) is 5.69 Å². The summed E-state index contributed by atoms with van der Waals surface area (Å²) < 4.78 is 10.9. The molecule has 4 rings (SSSR count). The van der Waals surface area contributed by atoms with Crippen LogP contribution in [-0.2, 0) is 4.79 Å². The van der Waals surface area contributed by atoms with Crippen LogP contribution in [0.25, 0.3) is 0 Å². The van der Waals surface area contributed by atoms with Gasteiger partial charge in [-0.1, -0.05) is 13.0 Å². The number of hydrogen-bond donors (Lipinski definition) is 3. The monoisotopic (exact) mass is 387 g/mol. The minimum atomic E-state index is 0.210. The Morgan fingerprint density at radius 3 is 2.86 bits per heavy atom. The van der Waals surface area contributed by atoms with Crippen LogP contribution < -0.4 is 25.4 Å². The van der Waals surface area contributed by atoms with Crippen LogP contribution in [0.3, 0.4) is 0 Å². The van der Waals surface area contributed by atoms with Crippen LogP contribution in [0.5, 0.6) is 11.5 Å². The zero-order chi connectivity index (χ0) is 19.4. The molecule has 1 atom stereocenters. The topological polar surface area (TPSA) is 71.6 Å². The second-order valence-corrected chi connectivity index (χ2v) is 8.49. The lowest BCUT2D eigenvalue weighted by molar-refractivity contribution is -0.121. The molecule has 0 bridgehead atoms. The fourth-order valence-corrected chi connectivity index (χ4v) is 4.73. The summed E-state index contributed by atoms with van der Waals surface area (Å²) >= 11 is 0. The van der Waals surface area contributed by atoms with Crippen molar-refractivity contribution in [2.45, 2.75) is 57.9 Å². The fraction of sp³-hybridized carbons (Fsp3) is 0.682. The normalized spacial score (nSPS) is 27.6. The molecule has 1 aromatic rings. The molecule has 6 heteroatoms. The maximum Gasteiger partial charge on any atom is 0.231 e. The molecule has 1 amide bonds. The highest BCUT2D eigenvalue weighted by atomic mass is 16.7.